The zero-order valence-electron chi connectivity index (χ0n) is 12.9. The second-order valence-corrected chi connectivity index (χ2v) is 4.47. The molecule has 8 nitrogen and oxygen atoms in total. The molecule has 0 aliphatic heterocycles. The Hall–Kier alpha value is -3.29. The number of furan rings is 1. The number of hydrogen-bond donors (Lipinski definition) is 2. The molecule has 0 aliphatic carbocycles. The van der Waals surface area contributed by atoms with Crippen molar-refractivity contribution in [3.05, 3.63) is 47.9 Å². The fourth-order valence-corrected chi connectivity index (χ4v) is 1.82. The van der Waals surface area contributed by atoms with Gasteiger partial charge in [0, 0.05) is 5.56 Å². The summed E-state index contributed by atoms with van der Waals surface area (Å²) in [6.07, 6.45) is 2.71. The molecule has 0 atom stereocenters. The number of carboxylic acid groups (broad SMARTS) is 1. The number of hydrogen-bond acceptors (Lipinski definition) is 6. The van der Waals surface area contributed by atoms with Gasteiger partial charge in [0.05, 0.1) is 19.1 Å². The quantitative estimate of drug-likeness (QED) is 0.564. The number of aliphatic carboxylic acids is 1. The Morgan fingerprint density at radius 2 is 2.12 bits per heavy atom. The van der Waals surface area contributed by atoms with Crippen LogP contribution in [-0.4, -0.2) is 36.4 Å². The lowest BCUT2D eigenvalue weighted by molar-refractivity contribution is -0.139. The first-order valence-electron chi connectivity index (χ1n) is 7.09. The monoisotopic (exact) mass is 332 g/mol. The van der Waals surface area contributed by atoms with Gasteiger partial charge in [0.2, 0.25) is 0 Å². The number of rotatable bonds is 8. The number of nitrogens with one attached hydrogen (secondary N) is 1. The van der Waals surface area contributed by atoms with E-state index in [2.05, 4.69) is 10.5 Å². The summed E-state index contributed by atoms with van der Waals surface area (Å²) in [5.41, 5.74) is 2.76. The lowest BCUT2D eigenvalue weighted by Gasteiger charge is -2.12. The van der Waals surface area contributed by atoms with Crippen LogP contribution in [0.25, 0.3) is 0 Å². The second kappa shape index (κ2) is 8.37. The molecule has 0 saturated heterocycles. The highest BCUT2D eigenvalue weighted by Gasteiger charge is 2.12. The molecule has 2 N–H and O–H groups in total. The Labute approximate surface area is 137 Å². The molecular weight excluding hydrogens is 316 g/mol. The topological polar surface area (TPSA) is 110 Å². The Kier molecular flexibility index (Phi) is 5.95. The van der Waals surface area contributed by atoms with Gasteiger partial charge in [-0.15, -0.1) is 0 Å². The summed E-state index contributed by atoms with van der Waals surface area (Å²) >= 11 is 0. The summed E-state index contributed by atoms with van der Waals surface area (Å²) in [6.45, 7) is 1.66. The van der Waals surface area contributed by atoms with Gasteiger partial charge in [0.25, 0.3) is 0 Å². The van der Waals surface area contributed by atoms with E-state index in [1.165, 1.54) is 18.5 Å². The maximum Gasteiger partial charge on any atom is 0.341 e. The molecule has 126 valence electrons. The number of ether oxygens (including phenoxy) is 2. The van der Waals surface area contributed by atoms with Crippen molar-refractivity contribution >= 4 is 18.1 Å². The molecule has 0 radical (unpaired) electrons. The summed E-state index contributed by atoms with van der Waals surface area (Å²) in [6, 6.07) is 8.10. The molecule has 0 unspecified atom stereocenters. The van der Waals surface area contributed by atoms with Crippen LogP contribution in [-0.2, 0) is 4.79 Å². The molecule has 0 fully saturated rings. The molecule has 0 aliphatic rings. The van der Waals surface area contributed by atoms with Crippen molar-refractivity contribution in [2.24, 2.45) is 5.10 Å². The summed E-state index contributed by atoms with van der Waals surface area (Å²) in [4.78, 5) is 22.4. The molecule has 0 spiro atoms. The van der Waals surface area contributed by atoms with Crippen LogP contribution in [0.4, 0.5) is 0 Å². The number of nitrogens with zero attached hydrogens (tertiary/aromatic N) is 1. The number of benzene rings is 1. The Bertz CT molecular complexity index is 724. The smallest absolute Gasteiger partial charge is 0.341 e. The SMILES string of the molecule is CCOc1cccc(/C=N\NC(=O)c2ccco2)c1OCC(=O)O. The van der Waals surface area contributed by atoms with Crippen LogP contribution in [0.15, 0.2) is 46.1 Å². The van der Waals surface area contributed by atoms with E-state index in [1.807, 2.05) is 0 Å². The minimum absolute atomic E-state index is 0.123. The highest BCUT2D eigenvalue weighted by atomic mass is 16.5. The van der Waals surface area contributed by atoms with Crippen molar-refractivity contribution in [1.29, 1.82) is 0 Å². The van der Waals surface area contributed by atoms with Gasteiger partial charge >= 0.3 is 11.9 Å². The molecule has 8 heteroatoms. The number of amides is 1. The number of carboxylic acids is 1. The van der Waals surface area contributed by atoms with E-state index in [4.69, 9.17) is 19.0 Å². The minimum Gasteiger partial charge on any atom is -0.490 e. The summed E-state index contributed by atoms with van der Waals surface area (Å²) in [5, 5.41) is 12.6. The lowest BCUT2D eigenvalue weighted by atomic mass is 10.2. The summed E-state index contributed by atoms with van der Waals surface area (Å²) < 4.78 is 15.6. The first-order chi connectivity index (χ1) is 11.6. The van der Waals surface area contributed by atoms with Gasteiger partial charge < -0.3 is 19.0 Å². The molecule has 1 aromatic heterocycles. The average molecular weight is 332 g/mol. The van der Waals surface area contributed by atoms with Gasteiger partial charge in [-0.3, -0.25) is 4.79 Å². The third kappa shape index (κ3) is 4.60. The molecule has 0 bridgehead atoms. The van der Waals surface area contributed by atoms with Crippen LogP contribution in [0.2, 0.25) is 0 Å². The number of carbonyl (C=O) groups excluding carboxylic acids is 1. The first-order valence-corrected chi connectivity index (χ1v) is 7.09. The minimum atomic E-state index is -1.12. The van der Waals surface area contributed by atoms with Crippen molar-refractivity contribution in [2.45, 2.75) is 6.92 Å². The molecular formula is C16H16N2O6. The second-order valence-electron chi connectivity index (χ2n) is 4.47. The van der Waals surface area contributed by atoms with Crippen LogP contribution >= 0.6 is 0 Å². The highest BCUT2D eigenvalue weighted by molar-refractivity contribution is 5.92. The summed E-state index contributed by atoms with van der Waals surface area (Å²) in [5.74, 6) is -0.879. The largest absolute Gasteiger partial charge is 0.490 e. The molecule has 1 aromatic carbocycles. The van der Waals surface area contributed by atoms with Gasteiger partial charge in [-0.25, -0.2) is 10.2 Å². The van der Waals surface area contributed by atoms with Crippen LogP contribution in [0.5, 0.6) is 11.5 Å². The Morgan fingerprint density at radius 3 is 2.79 bits per heavy atom. The maximum atomic E-state index is 11.7. The highest BCUT2D eigenvalue weighted by Crippen LogP contribution is 2.30. The number of para-hydroxylation sites is 1. The fourth-order valence-electron chi connectivity index (χ4n) is 1.82. The van der Waals surface area contributed by atoms with E-state index < -0.39 is 18.5 Å². The molecule has 1 amide bonds. The molecule has 0 saturated carbocycles. The third-order valence-corrected chi connectivity index (χ3v) is 2.76. The van der Waals surface area contributed by atoms with Crippen molar-refractivity contribution in [1.82, 2.24) is 5.43 Å². The van der Waals surface area contributed by atoms with E-state index in [0.717, 1.165) is 0 Å². The molecule has 2 rings (SSSR count). The van der Waals surface area contributed by atoms with Crippen molar-refractivity contribution in [3.8, 4) is 11.5 Å². The van der Waals surface area contributed by atoms with E-state index in [0.29, 0.717) is 17.9 Å². The van der Waals surface area contributed by atoms with E-state index in [-0.39, 0.29) is 11.5 Å². The van der Waals surface area contributed by atoms with Crippen LogP contribution in [0, 0.1) is 0 Å². The van der Waals surface area contributed by atoms with Crippen molar-refractivity contribution in [3.63, 3.8) is 0 Å². The Balaban J connectivity index is 2.15. The van der Waals surface area contributed by atoms with Crippen molar-refractivity contribution < 1.29 is 28.6 Å². The van der Waals surface area contributed by atoms with E-state index in [1.54, 1.807) is 31.2 Å². The van der Waals surface area contributed by atoms with E-state index in [9.17, 15) is 9.59 Å². The van der Waals surface area contributed by atoms with Crippen LogP contribution in [0.3, 0.4) is 0 Å². The van der Waals surface area contributed by atoms with Crippen LogP contribution < -0.4 is 14.9 Å². The molecule has 24 heavy (non-hydrogen) atoms. The van der Waals surface area contributed by atoms with Crippen LogP contribution in [0.1, 0.15) is 23.0 Å². The molecule has 2 aromatic rings. The van der Waals surface area contributed by atoms with Gasteiger partial charge in [-0.05, 0) is 31.2 Å². The number of carbonyl (C=O) groups is 2. The zero-order valence-corrected chi connectivity index (χ0v) is 12.9. The standard InChI is InChI=1S/C16H16N2O6/c1-2-22-12-6-3-5-11(15(12)24-10-14(19)20)9-17-18-16(21)13-7-4-8-23-13/h3-9H,2,10H2,1H3,(H,18,21)(H,19,20)/b17-9-. The molecule has 1 heterocycles. The maximum absolute atomic E-state index is 11.7. The fraction of sp³-hybridized carbons (Fsp3) is 0.188. The predicted molar refractivity (Wildman–Crippen MR) is 84.5 cm³/mol. The average Bonchev–Trinajstić information content (AvgIpc) is 3.08. The lowest BCUT2D eigenvalue weighted by Crippen LogP contribution is -2.17. The normalized spacial score (nSPS) is 10.5. The first kappa shape index (κ1) is 17.1. The van der Waals surface area contributed by atoms with Gasteiger partial charge in [-0.2, -0.15) is 5.10 Å². The zero-order chi connectivity index (χ0) is 17.4. The van der Waals surface area contributed by atoms with Gasteiger partial charge in [-0.1, -0.05) is 6.07 Å². The van der Waals surface area contributed by atoms with Gasteiger partial charge in [0.1, 0.15) is 0 Å². The number of hydrazone groups is 1. The predicted octanol–water partition coefficient (Wildman–Crippen LogP) is 1.91. The Morgan fingerprint density at radius 1 is 1.29 bits per heavy atom. The third-order valence-electron chi connectivity index (χ3n) is 2.76. The van der Waals surface area contributed by atoms with E-state index >= 15 is 0 Å². The van der Waals surface area contributed by atoms with Crippen molar-refractivity contribution in [2.75, 3.05) is 13.2 Å². The van der Waals surface area contributed by atoms with Gasteiger partial charge in [0.15, 0.2) is 23.9 Å². The summed E-state index contributed by atoms with van der Waals surface area (Å²) in [7, 11) is 0.